The van der Waals surface area contributed by atoms with Crippen molar-refractivity contribution in [2.75, 3.05) is 7.05 Å². The first-order chi connectivity index (χ1) is 11.7. The molecular formula is C16H14F5N3S. The number of hydrogen-bond donors (Lipinski definition) is 1. The molecule has 0 saturated carbocycles. The molecule has 0 fully saturated rings. The van der Waals surface area contributed by atoms with Crippen LogP contribution < -0.4 is 0 Å². The van der Waals surface area contributed by atoms with E-state index in [0.29, 0.717) is 16.4 Å². The lowest BCUT2D eigenvalue weighted by molar-refractivity contribution is -0.169. The maximum Gasteiger partial charge on any atom is 0.408 e. The molecule has 1 unspecified atom stereocenters. The molecule has 0 aliphatic carbocycles. The third kappa shape index (κ3) is 4.93. The molecule has 0 spiro atoms. The summed E-state index contributed by atoms with van der Waals surface area (Å²) in [6.07, 6.45) is 1.08. The first-order valence-corrected chi connectivity index (χ1v) is 7.41. The van der Waals surface area contributed by atoms with Crippen molar-refractivity contribution < 1.29 is 22.0 Å². The van der Waals surface area contributed by atoms with Gasteiger partial charge in [0.05, 0.1) is 0 Å². The molecule has 134 valence electrons. The zero-order valence-corrected chi connectivity index (χ0v) is 13.8. The topological polar surface area (TPSA) is 20.5 Å². The van der Waals surface area contributed by atoms with Crippen LogP contribution in [0.15, 0.2) is 55.0 Å². The van der Waals surface area contributed by atoms with Crippen molar-refractivity contribution in [1.82, 2.24) is 13.7 Å². The van der Waals surface area contributed by atoms with Crippen molar-refractivity contribution in [2.24, 2.45) is 0 Å². The number of benzene rings is 1. The standard InChI is InChI=1S/C9H8F5NS.C7H6N2/c1-15(16)8(9(12,13)14)5-2-3-6(10)7(11)4-5;1-2-5-9-6-4-8-7(9)3-1/h2-4,8,16H,1H3;1-6H. The predicted molar refractivity (Wildman–Crippen MR) is 87.1 cm³/mol. The Hall–Kier alpha value is -2.13. The van der Waals surface area contributed by atoms with Crippen LogP contribution in [0, 0.1) is 11.6 Å². The van der Waals surface area contributed by atoms with Crippen molar-refractivity contribution in [3.63, 3.8) is 0 Å². The molecule has 2 aromatic heterocycles. The van der Waals surface area contributed by atoms with Gasteiger partial charge in [0, 0.05) is 18.6 Å². The van der Waals surface area contributed by atoms with Crippen molar-refractivity contribution in [3.05, 3.63) is 72.2 Å². The molecule has 0 saturated heterocycles. The van der Waals surface area contributed by atoms with E-state index in [1.54, 1.807) is 6.20 Å². The van der Waals surface area contributed by atoms with Gasteiger partial charge in [0.1, 0.15) is 11.7 Å². The monoisotopic (exact) mass is 375 g/mol. The summed E-state index contributed by atoms with van der Waals surface area (Å²) in [5, 5.41) is 0. The maximum absolute atomic E-state index is 12.8. The van der Waals surface area contributed by atoms with Crippen LogP contribution in [0.3, 0.4) is 0 Å². The van der Waals surface area contributed by atoms with Crippen LogP contribution in [0.2, 0.25) is 0 Å². The number of aromatic nitrogens is 2. The Balaban J connectivity index is 0.000000208. The highest BCUT2D eigenvalue weighted by Gasteiger charge is 2.43. The van der Waals surface area contributed by atoms with Gasteiger partial charge in [-0.1, -0.05) is 24.9 Å². The largest absolute Gasteiger partial charge is 0.408 e. The Morgan fingerprint density at radius 3 is 2.36 bits per heavy atom. The van der Waals surface area contributed by atoms with Crippen LogP contribution in [0.4, 0.5) is 22.0 Å². The predicted octanol–water partition coefficient (Wildman–Crippen LogP) is 4.68. The van der Waals surface area contributed by atoms with E-state index < -0.39 is 29.4 Å². The molecule has 3 aromatic rings. The smallest absolute Gasteiger partial charge is 0.307 e. The highest BCUT2D eigenvalue weighted by Crippen LogP contribution is 2.37. The molecule has 0 amide bonds. The van der Waals surface area contributed by atoms with E-state index in [0.717, 1.165) is 18.8 Å². The lowest BCUT2D eigenvalue weighted by Gasteiger charge is -2.25. The quantitative estimate of drug-likeness (QED) is 0.519. The zero-order chi connectivity index (χ0) is 18.6. The molecule has 0 bridgehead atoms. The first-order valence-electron chi connectivity index (χ1n) is 7.01. The first kappa shape index (κ1) is 19.2. The van der Waals surface area contributed by atoms with Crippen molar-refractivity contribution in [1.29, 1.82) is 0 Å². The second kappa shape index (κ2) is 7.83. The van der Waals surface area contributed by atoms with Gasteiger partial charge in [0.25, 0.3) is 0 Å². The van der Waals surface area contributed by atoms with Crippen LogP contribution in [-0.2, 0) is 0 Å². The van der Waals surface area contributed by atoms with Crippen LogP contribution in [-0.4, -0.2) is 26.9 Å². The summed E-state index contributed by atoms with van der Waals surface area (Å²) in [4.78, 5) is 4.08. The molecule has 0 radical (unpaired) electrons. The molecule has 0 N–H and O–H groups in total. The highest BCUT2D eigenvalue weighted by molar-refractivity contribution is 7.77. The second-order valence-corrected chi connectivity index (χ2v) is 5.72. The van der Waals surface area contributed by atoms with Gasteiger partial charge < -0.3 is 4.40 Å². The summed E-state index contributed by atoms with van der Waals surface area (Å²) in [7, 11) is 1.09. The molecule has 9 heteroatoms. The van der Waals surface area contributed by atoms with Gasteiger partial charge >= 0.3 is 6.18 Å². The molecule has 25 heavy (non-hydrogen) atoms. The normalized spacial score (nSPS) is 12.8. The van der Waals surface area contributed by atoms with Gasteiger partial charge in [-0.3, -0.25) is 0 Å². The third-order valence-electron chi connectivity index (χ3n) is 3.24. The van der Waals surface area contributed by atoms with Crippen molar-refractivity contribution >= 4 is 18.5 Å². The minimum Gasteiger partial charge on any atom is -0.307 e. The van der Waals surface area contributed by atoms with Crippen LogP contribution in [0.1, 0.15) is 11.6 Å². The molecule has 3 nitrogen and oxygen atoms in total. The number of rotatable bonds is 2. The number of fused-ring (bicyclic) bond motifs is 1. The van der Waals surface area contributed by atoms with E-state index in [9.17, 15) is 22.0 Å². The van der Waals surface area contributed by atoms with Crippen molar-refractivity contribution in [2.45, 2.75) is 12.2 Å². The SMILES string of the molecule is CN(S)C(c1ccc(F)c(F)c1)C(F)(F)F.c1ccn2ccnc2c1. The van der Waals surface area contributed by atoms with E-state index in [1.807, 2.05) is 35.0 Å². The fraction of sp³-hybridized carbons (Fsp3) is 0.188. The number of alkyl halides is 3. The minimum atomic E-state index is -4.61. The number of thiol groups is 1. The van der Waals surface area contributed by atoms with Crippen LogP contribution >= 0.6 is 12.8 Å². The van der Waals surface area contributed by atoms with Gasteiger partial charge in [-0.25, -0.2) is 18.1 Å². The molecule has 0 aliphatic rings. The number of nitrogens with zero attached hydrogens (tertiary/aromatic N) is 3. The van der Waals surface area contributed by atoms with E-state index in [-0.39, 0.29) is 0 Å². The molecule has 0 aliphatic heterocycles. The van der Waals surface area contributed by atoms with E-state index in [2.05, 4.69) is 17.8 Å². The van der Waals surface area contributed by atoms with Crippen LogP contribution in [0.25, 0.3) is 5.65 Å². The van der Waals surface area contributed by atoms with Crippen LogP contribution in [0.5, 0.6) is 0 Å². The third-order valence-corrected chi connectivity index (χ3v) is 3.48. The molecular weight excluding hydrogens is 361 g/mol. The Bertz CT molecular complexity index is 802. The van der Waals surface area contributed by atoms with E-state index >= 15 is 0 Å². The molecule has 1 atom stereocenters. The van der Waals surface area contributed by atoms with E-state index in [1.165, 1.54) is 0 Å². The number of halogens is 5. The Morgan fingerprint density at radius 1 is 1.08 bits per heavy atom. The summed E-state index contributed by atoms with van der Waals surface area (Å²) >= 11 is 3.56. The highest BCUT2D eigenvalue weighted by atomic mass is 32.1. The Labute approximate surface area is 146 Å². The van der Waals surface area contributed by atoms with Gasteiger partial charge in [-0.05, 0) is 36.9 Å². The summed E-state index contributed by atoms with van der Waals surface area (Å²) in [6.45, 7) is 0. The summed E-state index contributed by atoms with van der Waals surface area (Å²) in [5.74, 6) is -2.51. The Morgan fingerprint density at radius 2 is 1.80 bits per heavy atom. The summed E-state index contributed by atoms with van der Waals surface area (Å²) < 4.78 is 65.7. The maximum atomic E-state index is 12.8. The summed E-state index contributed by atoms with van der Waals surface area (Å²) in [6, 6.07) is 5.90. The second-order valence-electron chi connectivity index (χ2n) is 5.08. The van der Waals surface area contributed by atoms with Gasteiger partial charge in [-0.2, -0.15) is 13.2 Å². The fourth-order valence-electron chi connectivity index (χ4n) is 2.16. The average Bonchev–Trinajstić information content (AvgIpc) is 2.98. The lowest BCUT2D eigenvalue weighted by atomic mass is 10.1. The van der Waals surface area contributed by atoms with Gasteiger partial charge in [-0.15, -0.1) is 0 Å². The fourth-order valence-corrected chi connectivity index (χ4v) is 2.43. The molecule has 1 aromatic carbocycles. The number of hydrogen-bond acceptors (Lipinski definition) is 3. The Kier molecular flexibility index (Phi) is 6.02. The number of pyridine rings is 1. The van der Waals surface area contributed by atoms with Gasteiger partial charge in [0.15, 0.2) is 11.6 Å². The average molecular weight is 375 g/mol. The zero-order valence-electron chi connectivity index (χ0n) is 13.0. The number of imidazole rings is 1. The lowest BCUT2D eigenvalue weighted by Crippen LogP contribution is -2.30. The van der Waals surface area contributed by atoms with Crippen molar-refractivity contribution in [3.8, 4) is 0 Å². The molecule has 2 heterocycles. The van der Waals surface area contributed by atoms with E-state index in [4.69, 9.17) is 0 Å². The minimum absolute atomic E-state index is 0.399. The summed E-state index contributed by atoms with van der Waals surface area (Å²) in [5.41, 5.74) is 0.599. The molecule has 3 rings (SSSR count). The van der Waals surface area contributed by atoms with Gasteiger partial charge in [0.2, 0.25) is 0 Å².